The van der Waals surface area contributed by atoms with E-state index >= 15 is 0 Å². The second-order valence-electron chi connectivity index (χ2n) is 8.96. The van der Waals surface area contributed by atoms with Crippen molar-refractivity contribution in [1.82, 2.24) is 19.5 Å². The number of imidazole rings is 1. The molecule has 1 aliphatic rings. The molecule has 0 bridgehead atoms. The predicted octanol–water partition coefficient (Wildman–Crippen LogP) is -0.348. The Bertz CT molecular complexity index is 968. The van der Waals surface area contributed by atoms with E-state index in [0.29, 0.717) is 0 Å². The number of aliphatic hydroxyl groups is 2. The summed E-state index contributed by atoms with van der Waals surface area (Å²) in [4.78, 5) is 35.4. The molecule has 12 heteroatoms. The Labute approximate surface area is 175 Å². The highest BCUT2D eigenvalue weighted by Crippen LogP contribution is 2.34. The van der Waals surface area contributed by atoms with Gasteiger partial charge in [0.15, 0.2) is 27.2 Å². The topological polar surface area (TPSA) is 152 Å². The Balaban J connectivity index is 1.99. The van der Waals surface area contributed by atoms with Gasteiger partial charge >= 0.3 is 0 Å². The largest absolute Gasteiger partial charge is 0.413 e. The molecule has 1 amide bonds. The molecule has 3 heterocycles. The first-order chi connectivity index (χ1) is 14.0. The van der Waals surface area contributed by atoms with Gasteiger partial charge in [0.2, 0.25) is 11.9 Å². The molecule has 30 heavy (non-hydrogen) atoms. The monoisotopic (exact) mass is 439 g/mol. The normalized spacial score (nSPS) is 25.1. The number of H-pyrrole nitrogens is 1. The predicted molar refractivity (Wildman–Crippen MR) is 112 cm³/mol. The SMILES string of the molecule is CC(C)C(=O)Nc1nc2c(ncn2C2OC(CO)C(O)C2O[SiH2]C(C)(C)C)c(=O)[nH]1. The van der Waals surface area contributed by atoms with E-state index in [9.17, 15) is 19.8 Å². The summed E-state index contributed by atoms with van der Waals surface area (Å²) < 4.78 is 13.4. The molecule has 11 nitrogen and oxygen atoms in total. The molecule has 4 atom stereocenters. The molecule has 0 aliphatic carbocycles. The Hall–Kier alpha value is -2.12. The molecule has 0 radical (unpaired) electrons. The minimum Gasteiger partial charge on any atom is -0.413 e. The number of fused-ring (bicyclic) bond motifs is 1. The molecule has 1 fully saturated rings. The number of amides is 1. The number of carbonyl (C=O) groups excluding carboxylic acids is 1. The highest BCUT2D eigenvalue weighted by Gasteiger charge is 2.46. The van der Waals surface area contributed by atoms with Crippen molar-refractivity contribution < 1.29 is 24.2 Å². The zero-order valence-electron chi connectivity index (χ0n) is 17.7. The summed E-state index contributed by atoms with van der Waals surface area (Å²) >= 11 is 0. The number of ether oxygens (including phenoxy) is 1. The van der Waals surface area contributed by atoms with E-state index in [-0.39, 0.29) is 40.6 Å². The molecule has 0 aromatic carbocycles. The van der Waals surface area contributed by atoms with Gasteiger partial charge in [-0.1, -0.05) is 34.6 Å². The van der Waals surface area contributed by atoms with Crippen molar-refractivity contribution in [3.05, 3.63) is 16.7 Å². The quantitative estimate of drug-likeness (QED) is 0.446. The third-order valence-electron chi connectivity index (χ3n) is 4.67. The molecule has 2 aromatic heterocycles. The van der Waals surface area contributed by atoms with Gasteiger partial charge in [0.25, 0.3) is 5.56 Å². The van der Waals surface area contributed by atoms with Crippen LogP contribution in [0.25, 0.3) is 11.2 Å². The smallest absolute Gasteiger partial charge is 0.280 e. The molecule has 1 aliphatic heterocycles. The number of nitrogens with one attached hydrogen (secondary N) is 2. The number of rotatable bonds is 6. The van der Waals surface area contributed by atoms with Gasteiger partial charge in [-0.3, -0.25) is 24.5 Å². The van der Waals surface area contributed by atoms with Crippen LogP contribution in [-0.2, 0) is 14.0 Å². The standard InChI is InChI=1S/C18H29N5O6Si/c1-8(2)14(26)21-17-20-13-10(15(27)22-17)19-7-23(13)16-12(29-30-18(3,4)5)11(25)9(6-24)28-16/h7-9,11-12,16,24-25H,6,30H2,1-5H3,(H2,20,21,22,26,27). The molecule has 0 spiro atoms. The second-order valence-corrected chi connectivity index (χ2v) is 11.7. The van der Waals surface area contributed by atoms with Crippen molar-refractivity contribution in [3.8, 4) is 0 Å². The third-order valence-corrected chi connectivity index (χ3v) is 6.09. The van der Waals surface area contributed by atoms with Crippen LogP contribution in [0, 0.1) is 5.92 Å². The molecular formula is C18H29N5O6Si. The summed E-state index contributed by atoms with van der Waals surface area (Å²) in [5.74, 6) is -0.602. The van der Waals surface area contributed by atoms with E-state index in [0.717, 1.165) is 0 Å². The minimum atomic E-state index is -1.05. The maximum Gasteiger partial charge on any atom is 0.280 e. The first-order valence-electron chi connectivity index (χ1n) is 9.85. The fraction of sp³-hybridized carbons (Fsp3) is 0.667. The number of carbonyl (C=O) groups is 1. The molecule has 4 N–H and O–H groups in total. The van der Waals surface area contributed by atoms with E-state index in [4.69, 9.17) is 9.16 Å². The fourth-order valence-corrected chi connectivity index (χ4v) is 4.11. The average Bonchev–Trinajstić information content (AvgIpc) is 3.20. The van der Waals surface area contributed by atoms with Crippen LogP contribution in [0.5, 0.6) is 0 Å². The Morgan fingerprint density at radius 3 is 2.77 bits per heavy atom. The second kappa shape index (κ2) is 8.55. The molecule has 2 aromatic rings. The van der Waals surface area contributed by atoms with Crippen LogP contribution in [0.2, 0.25) is 5.04 Å². The van der Waals surface area contributed by atoms with Gasteiger partial charge in [-0.05, 0) is 5.04 Å². The van der Waals surface area contributed by atoms with E-state index in [1.807, 2.05) is 0 Å². The van der Waals surface area contributed by atoms with Gasteiger partial charge in [0.05, 0.1) is 12.9 Å². The van der Waals surface area contributed by atoms with Crippen LogP contribution in [0.1, 0.15) is 40.8 Å². The van der Waals surface area contributed by atoms with Crippen molar-refractivity contribution in [2.75, 3.05) is 11.9 Å². The number of hydrogen-bond donors (Lipinski definition) is 4. The van der Waals surface area contributed by atoms with Crippen molar-refractivity contribution in [2.24, 2.45) is 5.92 Å². The van der Waals surface area contributed by atoms with Crippen molar-refractivity contribution in [1.29, 1.82) is 0 Å². The third kappa shape index (κ3) is 4.62. The molecule has 166 valence electrons. The fourth-order valence-electron chi connectivity index (χ4n) is 3.05. The van der Waals surface area contributed by atoms with Crippen LogP contribution in [0.15, 0.2) is 11.1 Å². The summed E-state index contributed by atoms with van der Waals surface area (Å²) in [7, 11) is -1.05. The zero-order valence-corrected chi connectivity index (χ0v) is 19.2. The maximum absolute atomic E-state index is 12.4. The zero-order chi connectivity index (χ0) is 22.2. The number of aromatic nitrogens is 4. The lowest BCUT2D eigenvalue weighted by Gasteiger charge is -2.26. The Kier molecular flexibility index (Phi) is 6.43. The van der Waals surface area contributed by atoms with E-state index in [2.05, 4.69) is 41.0 Å². The van der Waals surface area contributed by atoms with Gasteiger partial charge in [0.1, 0.15) is 18.3 Å². The lowest BCUT2D eigenvalue weighted by Crippen LogP contribution is -2.37. The molecule has 1 saturated heterocycles. The highest BCUT2D eigenvalue weighted by atomic mass is 28.2. The molecular weight excluding hydrogens is 410 g/mol. The van der Waals surface area contributed by atoms with Crippen LogP contribution in [-0.4, -0.2) is 70.3 Å². The number of aromatic amines is 1. The number of nitrogens with zero attached hydrogens (tertiary/aromatic N) is 3. The van der Waals surface area contributed by atoms with Crippen LogP contribution < -0.4 is 10.9 Å². The van der Waals surface area contributed by atoms with Gasteiger partial charge in [-0.2, -0.15) is 4.98 Å². The van der Waals surface area contributed by atoms with Gasteiger partial charge in [-0.25, -0.2) is 4.98 Å². The van der Waals surface area contributed by atoms with E-state index in [1.54, 1.807) is 13.8 Å². The number of anilines is 1. The Morgan fingerprint density at radius 1 is 1.47 bits per heavy atom. The van der Waals surface area contributed by atoms with Crippen molar-refractivity contribution in [2.45, 2.75) is 64.2 Å². The van der Waals surface area contributed by atoms with Gasteiger partial charge in [-0.15, -0.1) is 0 Å². The minimum absolute atomic E-state index is 0.00765. The van der Waals surface area contributed by atoms with Crippen molar-refractivity contribution >= 4 is 32.8 Å². The van der Waals surface area contributed by atoms with Crippen LogP contribution in [0.4, 0.5) is 5.95 Å². The lowest BCUT2D eigenvalue weighted by atomic mass is 10.1. The van der Waals surface area contributed by atoms with Crippen LogP contribution >= 0.6 is 0 Å². The van der Waals surface area contributed by atoms with Crippen molar-refractivity contribution in [3.63, 3.8) is 0 Å². The molecule has 3 rings (SSSR count). The van der Waals surface area contributed by atoms with E-state index in [1.165, 1.54) is 10.9 Å². The average molecular weight is 440 g/mol. The van der Waals surface area contributed by atoms with Gasteiger partial charge < -0.3 is 19.4 Å². The summed E-state index contributed by atoms with van der Waals surface area (Å²) in [6, 6.07) is 0. The highest BCUT2D eigenvalue weighted by molar-refractivity contribution is 6.31. The Morgan fingerprint density at radius 2 is 2.17 bits per heavy atom. The number of aliphatic hydroxyl groups excluding tert-OH is 2. The molecule has 0 saturated carbocycles. The van der Waals surface area contributed by atoms with Gasteiger partial charge in [0, 0.05) is 5.92 Å². The first kappa shape index (κ1) is 22.6. The number of hydrogen-bond acceptors (Lipinski definition) is 8. The summed E-state index contributed by atoms with van der Waals surface area (Å²) in [5, 5.41) is 22.7. The van der Waals surface area contributed by atoms with E-state index < -0.39 is 39.9 Å². The lowest BCUT2D eigenvalue weighted by molar-refractivity contribution is -0.118. The summed E-state index contributed by atoms with van der Waals surface area (Å²) in [5.41, 5.74) is -0.272. The maximum atomic E-state index is 12.4. The summed E-state index contributed by atoms with van der Waals surface area (Å²) in [6.45, 7) is 9.22. The van der Waals surface area contributed by atoms with Crippen LogP contribution in [0.3, 0.4) is 0 Å². The summed E-state index contributed by atoms with van der Waals surface area (Å²) in [6.07, 6.45) is -2.09. The molecule has 4 unspecified atom stereocenters. The first-order valence-corrected chi connectivity index (χ1v) is 11.1.